The zero-order valence-electron chi connectivity index (χ0n) is 9.42. The average molecular weight is 235 g/mol. The Hall–Kier alpha value is -2.71. The summed E-state index contributed by atoms with van der Waals surface area (Å²) in [6.45, 7) is 0. The topological polar surface area (TPSA) is 58.1 Å². The number of nitrogens with one attached hydrogen (secondary N) is 1. The molecule has 18 heavy (non-hydrogen) atoms. The van der Waals surface area contributed by atoms with E-state index < -0.39 is 0 Å². The van der Waals surface area contributed by atoms with Crippen molar-refractivity contribution in [3.8, 4) is 11.4 Å². The number of hydrogen-bond acceptors (Lipinski definition) is 3. The molecule has 0 aliphatic carbocycles. The van der Waals surface area contributed by atoms with E-state index in [-0.39, 0.29) is 0 Å². The minimum Gasteiger partial charge on any atom is -0.338 e. The Morgan fingerprint density at radius 3 is 2.67 bits per heavy atom. The van der Waals surface area contributed by atoms with Crippen LogP contribution in [0.1, 0.15) is 0 Å². The molecule has 3 rings (SSSR count). The molecule has 0 amide bonds. The van der Waals surface area contributed by atoms with E-state index in [2.05, 4.69) is 15.0 Å². The van der Waals surface area contributed by atoms with Gasteiger partial charge in [0, 0.05) is 5.56 Å². The van der Waals surface area contributed by atoms with Crippen LogP contribution in [0.3, 0.4) is 0 Å². The number of nitrogens with zero attached hydrogens (tertiary/aromatic N) is 2. The number of isocyanates is 1. The van der Waals surface area contributed by atoms with E-state index in [0.29, 0.717) is 11.5 Å². The van der Waals surface area contributed by atoms with Gasteiger partial charge < -0.3 is 4.98 Å². The van der Waals surface area contributed by atoms with E-state index in [0.717, 1.165) is 16.6 Å². The Bertz CT molecular complexity index is 721. The van der Waals surface area contributed by atoms with Gasteiger partial charge in [-0.25, -0.2) is 9.78 Å². The van der Waals surface area contributed by atoms with Gasteiger partial charge in [0.05, 0.1) is 16.7 Å². The van der Waals surface area contributed by atoms with Gasteiger partial charge in [-0.3, -0.25) is 0 Å². The fourth-order valence-corrected chi connectivity index (χ4v) is 1.90. The van der Waals surface area contributed by atoms with Crippen molar-refractivity contribution in [2.24, 2.45) is 4.99 Å². The largest absolute Gasteiger partial charge is 0.338 e. The molecule has 0 bridgehead atoms. The lowest BCUT2D eigenvalue weighted by atomic mass is 10.2. The van der Waals surface area contributed by atoms with E-state index >= 15 is 0 Å². The summed E-state index contributed by atoms with van der Waals surface area (Å²) in [6.07, 6.45) is 1.56. The summed E-state index contributed by atoms with van der Waals surface area (Å²) in [5.41, 5.74) is 3.19. The van der Waals surface area contributed by atoms with E-state index in [1.807, 2.05) is 42.5 Å². The third kappa shape index (κ3) is 1.71. The van der Waals surface area contributed by atoms with Gasteiger partial charge in [0.15, 0.2) is 0 Å². The second kappa shape index (κ2) is 4.28. The van der Waals surface area contributed by atoms with Gasteiger partial charge in [0.25, 0.3) is 0 Å². The Balaban J connectivity index is 2.22. The Morgan fingerprint density at radius 1 is 1.06 bits per heavy atom. The molecular formula is C14H9N3O. The lowest BCUT2D eigenvalue weighted by Crippen LogP contribution is -1.80. The van der Waals surface area contributed by atoms with Crippen LogP contribution in [0.25, 0.3) is 22.4 Å². The molecule has 0 radical (unpaired) electrons. The first-order valence-corrected chi connectivity index (χ1v) is 5.50. The van der Waals surface area contributed by atoms with Gasteiger partial charge >= 0.3 is 0 Å². The average Bonchev–Trinajstić information content (AvgIpc) is 2.83. The Kier molecular flexibility index (Phi) is 2.48. The first-order chi connectivity index (χ1) is 8.88. The quantitative estimate of drug-likeness (QED) is 0.547. The highest BCUT2D eigenvalue weighted by molar-refractivity contribution is 5.82. The Morgan fingerprint density at radius 2 is 1.83 bits per heavy atom. The van der Waals surface area contributed by atoms with Crippen LogP contribution in [-0.4, -0.2) is 16.0 Å². The number of rotatable bonds is 2. The highest BCUT2D eigenvalue weighted by Gasteiger charge is 2.08. The zero-order valence-corrected chi connectivity index (χ0v) is 9.42. The van der Waals surface area contributed by atoms with E-state index in [1.54, 1.807) is 12.1 Å². The number of benzene rings is 2. The number of imidazole rings is 1. The number of fused-ring (bicyclic) bond motifs is 1. The van der Waals surface area contributed by atoms with Gasteiger partial charge in [-0.2, -0.15) is 4.99 Å². The maximum Gasteiger partial charge on any atom is 0.240 e. The van der Waals surface area contributed by atoms with Crippen LogP contribution in [0.2, 0.25) is 0 Å². The van der Waals surface area contributed by atoms with Crippen molar-refractivity contribution in [3.05, 3.63) is 48.5 Å². The molecule has 0 aliphatic rings. The second-order valence-corrected chi connectivity index (χ2v) is 3.82. The van der Waals surface area contributed by atoms with Crippen molar-refractivity contribution < 1.29 is 4.79 Å². The summed E-state index contributed by atoms with van der Waals surface area (Å²) in [4.78, 5) is 21.8. The predicted octanol–water partition coefficient (Wildman–Crippen LogP) is 3.20. The van der Waals surface area contributed by atoms with Crippen molar-refractivity contribution in [2.75, 3.05) is 0 Å². The molecule has 0 saturated carbocycles. The van der Waals surface area contributed by atoms with Crippen LogP contribution in [-0.2, 0) is 4.79 Å². The molecule has 86 valence electrons. The smallest absolute Gasteiger partial charge is 0.240 e. The molecule has 0 aliphatic heterocycles. The fraction of sp³-hybridized carbons (Fsp3) is 0. The number of carbonyl (C=O) groups excluding carboxylic acids is 1. The van der Waals surface area contributed by atoms with Gasteiger partial charge in [0.2, 0.25) is 6.08 Å². The normalized spacial score (nSPS) is 10.2. The summed E-state index contributed by atoms with van der Waals surface area (Å²) < 4.78 is 0. The molecule has 1 aromatic heterocycles. The van der Waals surface area contributed by atoms with Crippen LogP contribution >= 0.6 is 0 Å². The molecule has 0 unspecified atom stereocenters. The van der Waals surface area contributed by atoms with Gasteiger partial charge in [0.1, 0.15) is 5.82 Å². The summed E-state index contributed by atoms with van der Waals surface area (Å²) >= 11 is 0. The van der Waals surface area contributed by atoms with E-state index in [1.165, 1.54) is 0 Å². The molecule has 4 heteroatoms. The minimum atomic E-state index is 0.562. The summed E-state index contributed by atoms with van der Waals surface area (Å²) in [6, 6.07) is 15.1. The number of para-hydroxylation sites is 3. The lowest BCUT2D eigenvalue weighted by molar-refractivity contribution is 0.565. The maximum atomic E-state index is 10.4. The van der Waals surface area contributed by atoms with Crippen molar-refractivity contribution in [1.29, 1.82) is 0 Å². The predicted molar refractivity (Wildman–Crippen MR) is 69.3 cm³/mol. The van der Waals surface area contributed by atoms with Gasteiger partial charge in [-0.1, -0.05) is 24.3 Å². The molecule has 0 spiro atoms. The van der Waals surface area contributed by atoms with Crippen LogP contribution < -0.4 is 0 Å². The zero-order chi connectivity index (χ0) is 12.4. The third-order valence-electron chi connectivity index (χ3n) is 2.71. The first-order valence-electron chi connectivity index (χ1n) is 5.50. The molecule has 4 nitrogen and oxygen atoms in total. The summed E-state index contributed by atoms with van der Waals surface area (Å²) in [7, 11) is 0. The van der Waals surface area contributed by atoms with Gasteiger partial charge in [-0.15, -0.1) is 0 Å². The van der Waals surface area contributed by atoms with Gasteiger partial charge in [-0.05, 0) is 24.3 Å². The van der Waals surface area contributed by atoms with Crippen LogP contribution in [0.15, 0.2) is 53.5 Å². The molecule has 3 aromatic rings. The number of aromatic nitrogens is 2. The van der Waals surface area contributed by atoms with Crippen molar-refractivity contribution in [3.63, 3.8) is 0 Å². The highest BCUT2D eigenvalue weighted by Crippen LogP contribution is 2.28. The molecule has 1 N–H and O–H groups in total. The second-order valence-electron chi connectivity index (χ2n) is 3.82. The molecular weight excluding hydrogens is 226 g/mol. The number of aliphatic imine (C=N–C) groups is 1. The molecule has 0 fully saturated rings. The van der Waals surface area contributed by atoms with E-state index in [4.69, 9.17) is 0 Å². The van der Waals surface area contributed by atoms with Crippen molar-refractivity contribution in [1.82, 2.24) is 9.97 Å². The number of hydrogen-bond donors (Lipinski definition) is 1. The third-order valence-corrected chi connectivity index (χ3v) is 2.71. The SMILES string of the molecule is O=C=Nc1ccccc1-c1nc2ccccc2[nH]1. The monoisotopic (exact) mass is 235 g/mol. The molecule has 0 atom stereocenters. The Labute approximate surface area is 103 Å². The summed E-state index contributed by atoms with van der Waals surface area (Å²) in [5.74, 6) is 0.700. The number of aromatic amines is 1. The van der Waals surface area contributed by atoms with Crippen LogP contribution in [0.4, 0.5) is 5.69 Å². The highest BCUT2D eigenvalue weighted by atomic mass is 16.1. The molecule has 2 aromatic carbocycles. The molecule has 0 saturated heterocycles. The first kappa shape index (κ1) is 10.4. The van der Waals surface area contributed by atoms with E-state index in [9.17, 15) is 4.79 Å². The standard InChI is InChI=1S/C14H9N3O/c18-9-15-11-6-2-1-5-10(11)14-16-12-7-3-4-8-13(12)17-14/h1-8H,(H,16,17). The minimum absolute atomic E-state index is 0.562. The van der Waals surface area contributed by atoms with Crippen LogP contribution in [0, 0.1) is 0 Å². The van der Waals surface area contributed by atoms with Crippen LogP contribution in [0.5, 0.6) is 0 Å². The molecule has 1 heterocycles. The lowest BCUT2D eigenvalue weighted by Gasteiger charge is -1.99. The number of H-pyrrole nitrogens is 1. The summed E-state index contributed by atoms with van der Waals surface area (Å²) in [5, 5.41) is 0. The van der Waals surface area contributed by atoms with Crippen molar-refractivity contribution >= 4 is 22.8 Å². The fourth-order valence-electron chi connectivity index (χ4n) is 1.90. The van der Waals surface area contributed by atoms with Crippen molar-refractivity contribution in [2.45, 2.75) is 0 Å². The maximum absolute atomic E-state index is 10.4.